The van der Waals surface area contributed by atoms with E-state index in [9.17, 15) is 4.79 Å². The third kappa shape index (κ3) is 8.91. The Bertz CT molecular complexity index is 1770. The van der Waals surface area contributed by atoms with Gasteiger partial charge in [-0.2, -0.15) is 0 Å². The third-order valence-corrected chi connectivity index (χ3v) is 8.45. The molecule has 1 amide bonds. The maximum absolute atomic E-state index is 12.6. The van der Waals surface area contributed by atoms with Crippen molar-refractivity contribution in [1.82, 2.24) is 5.32 Å². The van der Waals surface area contributed by atoms with Crippen LogP contribution in [-0.4, -0.2) is 61.8 Å². The first-order valence-electron chi connectivity index (χ1n) is 16.8. The highest BCUT2D eigenvalue weighted by Crippen LogP contribution is 2.41. The summed E-state index contributed by atoms with van der Waals surface area (Å²) in [7, 11) is 9.59. The molecule has 0 saturated heterocycles. The first-order valence-corrected chi connectivity index (χ1v) is 16.8. The Morgan fingerprint density at radius 1 is 0.549 bits per heavy atom. The second-order valence-electron chi connectivity index (χ2n) is 11.7. The zero-order chi connectivity index (χ0) is 36.2. The summed E-state index contributed by atoms with van der Waals surface area (Å²) in [5.74, 6) is 4.57. The summed E-state index contributed by atoms with van der Waals surface area (Å²) in [6.07, 6.45) is 7.20. The Morgan fingerprint density at radius 3 is 1.67 bits per heavy atom. The Morgan fingerprint density at radius 2 is 1.10 bits per heavy atom. The van der Waals surface area contributed by atoms with E-state index in [2.05, 4.69) is 10.6 Å². The topological polar surface area (TPSA) is 115 Å². The van der Waals surface area contributed by atoms with Gasteiger partial charge in [0, 0.05) is 5.69 Å². The summed E-state index contributed by atoms with van der Waals surface area (Å²) in [5.41, 5.74) is 4.04. The van der Waals surface area contributed by atoms with Crippen molar-refractivity contribution in [1.29, 1.82) is 0 Å². The lowest BCUT2D eigenvalue weighted by Gasteiger charge is -2.28. The maximum Gasteiger partial charge on any atom is 0.255 e. The number of hydrogen-bond donors (Lipinski definition) is 2. The summed E-state index contributed by atoms with van der Waals surface area (Å²) in [6.45, 7) is 1.06. The molecule has 0 fully saturated rings. The number of anilines is 1. The summed E-state index contributed by atoms with van der Waals surface area (Å²) >= 11 is 0. The monoisotopic (exact) mass is 698 g/mol. The molecular weight excluding hydrogens is 652 g/mol. The van der Waals surface area contributed by atoms with Gasteiger partial charge in [0.1, 0.15) is 6.17 Å². The third-order valence-electron chi connectivity index (χ3n) is 8.45. The molecule has 1 atom stereocenters. The van der Waals surface area contributed by atoms with Crippen LogP contribution in [0.25, 0.3) is 12.2 Å². The van der Waals surface area contributed by atoms with E-state index in [0.29, 0.717) is 64.8 Å². The molecule has 11 nitrogen and oxygen atoms in total. The SMILES string of the molecule is COc1cc(C2NC(=O)c3ccccc3N2)ccc1OCCCCCCOc1c(OC)cc(C=Cc2cc(OC)c(OC)c(OC)c2)cc1OC. The number of unbranched alkanes of at least 4 members (excludes halogenated alkanes) is 3. The van der Waals surface area contributed by atoms with E-state index in [4.69, 9.17) is 37.9 Å². The van der Waals surface area contributed by atoms with Gasteiger partial charge >= 0.3 is 0 Å². The van der Waals surface area contributed by atoms with Gasteiger partial charge in [0.15, 0.2) is 34.5 Å². The number of carbonyl (C=O) groups excluding carboxylic acids is 1. The summed E-state index contributed by atoms with van der Waals surface area (Å²) in [6, 6.07) is 20.7. The number of ether oxygens (including phenoxy) is 8. The minimum atomic E-state index is -0.368. The number of rotatable bonds is 18. The van der Waals surface area contributed by atoms with Gasteiger partial charge in [0.2, 0.25) is 11.5 Å². The van der Waals surface area contributed by atoms with E-state index in [1.165, 1.54) is 0 Å². The predicted molar refractivity (Wildman–Crippen MR) is 197 cm³/mol. The molecule has 0 spiro atoms. The lowest BCUT2D eigenvalue weighted by atomic mass is 10.1. The van der Waals surface area contributed by atoms with Crippen LogP contribution in [0.5, 0.6) is 46.0 Å². The average Bonchev–Trinajstić information content (AvgIpc) is 3.17. The standard InChI is InChI=1S/C40H46N2O9/c1-44-32-25-28(39-41-30-14-10-9-13-29(30)40(43)42-39)17-18-31(32)50-19-11-7-8-12-20-51-38-35(47-4)23-27(24-36(38)48-5)16-15-26-21-33(45-2)37(49-6)34(22-26)46-3/h9-10,13-18,21-25,39,41H,7-8,11-12,19-20H2,1-6H3,(H,42,43). The van der Waals surface area contributed by atoms with Gasteiger partial charge in [0.05, 0.1) is 61.4 Å². The molecule has 0 radical (unpaired) electrons. The van der Waals surface area contributed by atoms with Gasteiger partial charge in [-0.1, -0.05) is 30.4 Å². The Labute approximate surface area is 299 Å². The van der Waals surface area contributed by atoms with E-state index < -0.39 is 0 Å². The van der Waals surface area contributed by atoms with Crippen LogP contribution in [0.1, 0.15) is 58.9 Å². The van der Waals surface area contributed by atoms with Crippen molar-refractivity contribution in [2.45, 2.75) is 31.8 Å². The first-order chi connectivity index (χ1) is 24.9. The van der Waals surface area contributed by atoms with Crippen molar-refractivity contribution in [3.05, 3.63) is 89.0 Å². The second kappa shape index (κ2) is 17.8. The van der Waals surface area contributed by atoms with Crippen molar-refractivity contribution in [2.75, 3.05) is 61.2 Å². The molecule has 1 unspecified atom stereocenters. The van der Waals surface area contributed by atoms with Crippen LogP contribution >= 0.6 is 0 Å². The largest absolute Gasteiger partial charge is 0.493 e. The maximum atomic E-state index is 12.6. The van der Waals surface area contributed by atoms with Crippen molar-refractivity contribution in [3.63, 3.8) is 0 Å². The molecule has 4 aromatic rings. The fourth-order valence-corrected chi connectivity index (χ4v) is 5.80. The van der Waals surface area contributed by atoms with Gasteiger partial charge in [0.25, 0.3) is 5.91 Å². The minimum absolute atomic E-state index is 0.117. The van der Waals surface area contributed by atoms with Gasteiger partial charge < -0.3 is 48.5 Å². The van der Waals surface area contributed by atoms with Crippen LogP contribution < -0.4 is 48.5 Å². The number of para-hydroxylation sites is 1. The number of methoxy groups -OCH3 is 6. The molecule has 270 valence electrons. The highest BCUT2D eigenvalue weighted by atomic mass is 16.5. The fourth-order valence-electron chi connectivity index (χ4n) is 5.80. The van der Waals surface area contributed by atoms with Crippen molar-refractivity contribution in [2.24, 2.45) is 0 Å². The lowest BCUT2D eigenvalue weighted by Crippen LogP contribution is -2.38. The number of benzene rings is 4. The molecule has 4 aromatic carbocycles. The molecule has 0 bridgehead atoms. The molecule has 51 heavy (non-hydrogen) atoms. The van der Waals surface area contributed by atoms with Crippen molar-refractivity contribution < 1.29 is 42.7 Å². The number of hydrogen-bond acceptors (Lipinski definition) is 10. The Kier molecular flexibility index (Phi) is 12.8. The highest BCUT2D eigenvalue weighted by Gasteiger charge is 2.25. The van der Waals surface area contributed by atoms with E-state index in [-0.39, 0.29) is 12.1 Å². The number of nitrogens with one attached hydrogen (secondary N) is 2. The first kappa shape index (κ1) is 36.6. The summed E-state index contributed by atoms with van der Waals surface area (Å²) < 4.78 is 45.5. The van der Waals surface area contributed by atoms with Crippen molar-refractivity contribution >= 4 is 23.7 Å². The molecule has 5 rings (SSSR count). The Hall–Kier alpha value is -5.71. The van der Waals surface area contributed by atoms with Gasteiger partial charge in [-0.3, -0.25) is 4.79 Å². The van der Waals surface area contributed by atoms with Crippen LogP contribution in [0, 0.1) is 0 Å². The Balaban J connectivity index is 1.09. The van der Waals surface area contributed by atoms with Gasteiger partial charge in [-0.15, -0.1) is 0 Å². The molecule has 1 heterocycles. The van der Waals surface area contributed by atoms with Gasteiger partial charge in [-0.25, -0.2) is 0 Å². The predicted octanol–water partition coefficient (Wildman–Crippen LogP) is 7.78. The number of carbonyl (C=O) groups is 1. The highest BCUT2D eigenvalue weighted by molar-refractivity contribution is 6.01. The summed E-state index contributed by atoms with van der Waals surface area (Å²) in [5, 5.41) is 6.37. The van der Waals surface area contributed by atoms with Crippen LogP contribution in [0.3, 0.4) is 0 Å². The van der Waals surface area contributed by atoms with Gasteiger partial charge in [-0.05, 0) is 90.9 Å². The molecule has 2 N–H and O–H groups in total. The molecule has 11 heteroatoms. The average molecular weight is 699 g/mol. The number of amides is 1. The van der Waals surface area contributed by atoms with E-state index in [0.717, 1.165) is 48.1 Å². The quantitative estimate of drug-likeness (QED) is 0.0789. The van der Waals surface area contributed by atoms with E-state index in [1.54, 1.807) is 48.7 Å². The van der Waals surface area contributed by atoms with Crippen LogP contribution in [0.15, 0.2) is 66.7 Å². The molecule has 1 aliphatic rings. The zero-order valence-corrected chi connectivity index (χ0v) is 30.0. The normalized spacial score (nSPS) is 13.5. The summed E-state index contributed by atoms with van der Waals surface area (Å²) in [4.78, 5) is 12.6. The molecule has 0 aliphatic carbocycles. The molecule has 0 aromatic heterocycles. The molecule has 1 aliphatic heterocycles. The van der Waals surface area contributed by atoms with Crippen molar-refractivity contribution in [3.8, 4) is 46.0 Å². The zero-order valence-electron chi connectivity index (χ0n) is 30.0. The van der Waals surface area contributed by atoms with E-state index >= 15 is 0 Å². The van der Waals surface area contributed by atoms with E-state index in [1.807, 2.05) is 72.8 Å². The van der Waals surface area contributed by atoms with Crippen LogP contribution in [0.2, 0.25) is 0 Å². The lowest BCUT2D eigenvalue weighted by molar-refractivity contribution is 0.0935. The van der Waals surface area contributed by atoms with Crippen LogP contribution in [0.4, 0.5) is 5.69 Å². The fraction of sp³-hybridized carbons (Fsp3) is 0.325. The second-order valence-corrected chi connectivity index (χ2v) is 11.7. The smallest absolute Gasteiger partial charge is 0.255 e. The molecule has 0 saturated carbocycles. The minimum Gasteiger partial charge on any atom is -0.493 e. The van der Waals surface area contributed by atoms with Crippen LogP contribution in [-0.2, 0) is 0 Å². The molecular formula is C40H46N2O9. The number of fused-ring (bicyclic) bond motifs is 1.